The predicted molar refractivity (Wildman–Crippen MR) is 122 cm³/mol. The van der Waals surface area contributed by atoms with Crippen LogP contribution in [0.15, 0.2) is 89.5 Å². The van der Waals surface area contributed by atoms with Crippen LogP contribution in [0.25, 0.3) is 0 Å². The van der Waals surface area contributed by atoms with Gasteiger partial charge in [0.2, 0.25) is 5.89 Å². The van der Waals surface area contributed by atoms with Crippen molar-refractivity contribution in [1.82, 2.24) is 10.3 Å². The van der Waals surface area contributed by atoms with Crippen molar-refractivity contribution in [2.75, 3.05) is 0 Å². The number of nitrogens with zero attached hydrogens (tertiary/aromatic N) is 1. The van der Waals surface area contributed by atoms with E-state index in [0.29, 0.717) is 11.4 Å². The second-order valence-corrected chi connectivity index (χ2v) is 7.85. The Morgan fingerprint density at radius 2 is 1.66 bits per heavy atom. The van der Waals surface area contributed by atoms with Gasteiger partial charge in [0, 0.05) is 5.02 Å². The first-order valence-corrected chi connectivity index (χ1v) is 10.5. The van der Waals surface area contributed by atoms with E-state index in [9.17, 15) is 9.90 Å². The average Bonchev–Trinajstić information content (AvgIpc) is 3.31. The lowest BCUT2D eigenvalue weighted by Gasteiger charge is -2.19. The number of oxazole rings is 1. The van der Waals surface area contributed by atoms with Crippen molar-refractivity contribution in [2.45, 2.75) is 18.5 Å². The Bertz CT molecular complexity index is 1180. The predicted octanol–water partition coefficient (Wildman–Crippen LogP) is 4.80. The molecule has 0 aliphatic carbocycles. The first-order valence-electron chi connectivity index (χ1n) is 10.1. The summed E-state index contributed by atoms with van der Waals surface area (Å²) >= 11 is 6.03. The number of carbonyl (C=O) groups is 1. The number of hydrogen-bond acceptors (Lipinski definition) is 5. The van der Waals surface area contributed by atoms with Crippen LogP contribution in [0.5, 0.6) is 5.75 Å². The van der Waals surface area contributed by atoms with E-state index in [4.69, 9.17) is 21.8 Å². The number of amides is 1. The van der Waals surface area contributed by atoms with E-state index in [1.54, 1.807) is 36.4 Å². The molecule has 1 aromatic heterocycles. The lowest BCUT2D eigenvalue weighted by molar-refractivity contribution is 0.0938. The second-order valence-electron chi connectivity index (χ2n) is 7.42. The van der Waals surface area contributed by atoms with Gasteiger partial charge in [0.15, 0.2) is 5.69 Å². The fourth-order valence-corrected chi connectivity index (χ4v) is 3.53. The molecule has 0 aliphatic rings. The maximum absolute atomic E-state index is 13.0. The summed E-state index contributed by atoms with van der Waals surface area (Å²) in [6, 6.07) is 22.8. The molecule has 4 rings (SSSR count). The van der Waals surface area contributed by atoms with Gasteiger partial charge in [0.25, 0.3) is 5.91 Å². The minimum atomic E-state index is -0.526. The molecule has 0 saturated carbocycles. The maximum Gasteiger partial charge on any atom is 0.273 e. The Labute approximate surface area is 190 Å². The molecule has 32 heavy (non-hydrogen) atoms. The normalized spacial score (nSPS) is 12.8. The minimum absolute atomic E-state index is 0.149. The molecular weight excluding hydrogens is 426 g/mol. The summed E-state index contributed by atoms with van der Waals surface area (Å²) in [4.78, 5) is 17.3. The van der Waals surface area contributed by atoms with Crippen LogP contribution >= 0.6 is 11.6 Å². The van der Waals surface area contributed by atoms with Gasteiger partial charge in [-0.05, 0) is 47.4 Å². The molecule has 0 aliphatic heterocycles. The zero-order valence-electron chi connectivity index (χ0n) is 17.1. The van der Waals surface area contributed by atoms with Gasteiger partial charge in [-0.1, -0.05) is 66.2 Å². The van der Waals surface area contributed by atoms with E-state index in [0.717, 1.165) is 16.7 Å². The highest BCUT2D eigenvalue weighted by atomic mass is 35.5. The van der Waals surface area contributed by atoms with E-state index < -0.39 is 6.04 Å². The number of halogens is 1. The molecule has 0 radical (unpaired) electrons. The largest absolute Gasteiger partial charge is 0.508 e. The van der Waals surface area contributed by atoms with E-state index in [1.165, 1.54) is 6.26 Å². The van der Waals surface area contributed by atoms with E-state index in [-0.39, 0.29) is 29.3 Å². The molecule has 2 atom stereocenters. The summed E-state index contributed by atoms with van der Waals surface area (Å²) in [7, 11) is 0. The highest BCUT2D eigenvalue weighted by molar-refractivity contribution is 6.30. The molecule has 4 N–H and O–H groups in total. The number of nitrogens with one attached hydrogen (secondary N) is 1. The summed E-state index contributed by atoms with van der Waals surface area (Å²) in [6.07, 6.45) is 1.77. The van der Waals surface area contributed by atoms with Crippen molar-refractivity contribution in [3.05, 3.63) is 118 Å². The topological polar surface area (TPSA) is 101 Å². The number of nitrogens with two attached hydrogens (primary N) is 1. The molecular formula is C25H22ClN3O3. The molecule has 7 heteroatoms. The van der Waals surface area contributed by atoms with Gasteiger partial charge in [-0.3, -0.25) is 4.79 Å². The van der Waals surface area contributed by atoms with Crippen LogP contribution in [0.3, 0.4) is 0 Å². The van der Waals surface area contributed by atoms with Crippen molar-refractivity contribution in [1.29, 1.82) is 0 Å². The van der Waals surface area contributed by atoms with Gasteiger partial charge in [0.1, 0.15) is 12.0 Å². The van der Waals surface area contributed by atoms with Crippen LogP contribution in [0.1, 0.15) is 45.2 Å². The van der Waals surface area contributed by atoms with Gasteiger partial charge in [-0.2, -0.15) is 0 Å². The number of carbonyl (C=O) groups excluding carboxylic acids is 1. The van der Waals surface area contributed by atoms with Gasteiger partial charge in [-0.25, -0.2) is 4.98 Å². The number of rotatable bonds is 7. The zero-order valence-corrected chi connectivity index (χ0v) is 17.9. The van der Waals surface area contributed by atoms with Gasteiger partial charge in [0.05, 0.1) is 12.1 Å². The Balaban J connectivity index is 1.51. The SMILES string of the molecule is NC(Cc1ccc(O)cc1)c1nc(C(=O)NC(c2ccccc2)c2ccc(Cl)cc2)co1. The number of phenolic OH excluding ortho intramolecular Hbond substituents is 1. The molecule has 0 spiro atoms. The minimum Gasteiger partial charge on any atom is -0.508 e. The fourth-order valence-electron chi connectivity index (χ4n) is 3.40. The van der Waals surface area contributed by atoms with Crippen LogP contribution in [0.2, 0.25) is 5.02 Å². The summed E-state index contributed by atoms with van der Waals surface area (Å²) in [5.74, 6) is 0.0812. The molecule has 162 valence electrons. The highest BCUT2D eigenvalue weighted by Crippen LogP contribution is 2.24. The van der Waals surface area contributed by atoms with E-state index in [2.05, 4.69) is 10.3 Å². The first-order chi connectivity index (χ1) is 15.5. The van der Waals surface area contributed by atoms with E-state index >= 15 is 0 Å². The van der Waals surface area contributed by atoms with E-state index in [1.807, 2.05) is 42.5 Å². The van der Waals surface area contributed by atoms with Gasteiger partial charge in [-0.15, -0.1) is 0 Å². The Morgan fingerprint density at radius 1 is 1.00 bits per heavy atom. The lowest BCUT2D eigenvalue weighted by atomic mass is 9.98. The van der Waals surface area contributed by atoms with Crippen molar-refractivity contribution >= 4 is 17.5 Å². The van der Waals surface area contributed by atoms with Gasteiger partial charge < -0.3 is 20.6 Å². The molecule has 1 heterocycles. The number of aromatic nitrogens is 1. The highest BCUT2D eigenvalue weighted by Gasteiger charge is 2.22. The number of hydrogen-bond donors (Lipinski definition) is 3. The standard InChI is InChI=1S/C25H22ClN3O3/c26-19-10-8-18(9-11-19)23(17-4-2-1-3-5-17)29-24(31)22-15-32-25(28-22)21(27)14-16-6-12-20(30)13-7-16/h1-13,15,21,23,30H,14,27H2,(H,29,31). The summed E-state index contributed by atoms with van der Waals surface area (Å²) in [6.45, 7) is 0. The molecule has 1 amide bonds. The fraction of sp³-hybridized carbons (Fsp3) is 0.120. The molecule has 0 saturated heterocycles. The summed E-state index contributed by atoms with van der Waals surface area (Å²) in [5.41, 5.74) is 9.10. The quantitative estimate of drug-likeness (QED) is 0.378. The average molecular weight is 448 g/mol. The third kappa shape index (κ3) is 5.17. The van der Waals surface area contributed by atoms with Crippen molar-refractivity contribution in [3.63, 3.8) is 0 Å². The van der Waals surface area contributed by atoms with Crippen LogP contribution in [-0.2, 0) is 6.42 Å². The Morgan fingerprint density at radius 3 is 2.34 bits per heavy atom. The summed E-state index contributed by atoms with van der Waals surface area (Å²) < 4.78 is 5.49. The number of aromatic hydroxyl groups is 1. The number of benzene rings is 3. The molecule has 3 aromatic carbocycles. The summed E-state index contributed by atoms with van der Waals surface area (Å²) in [5, 5.41) is 13.1. The van der Waals surface area contributed by atoms with Crippen LogP contribution in [0.4, 0.5) is 0 Å². The van der Waals surface area contributed by atoms with Crippen molar-refractivity contribution in [3.8, 4) is 5.75 Å². The molecule has 4 aromatic rings. The third-order valence-electron chi connectivity index (χ3n) is 5.08. The molecule has 0 bridgehead atoms. The van der Waals surface area contributed by atoms with Crippen LogP contribution in [0, 0.1) is 0 Å². The van der Waals surface area contributed by atoms with Crippen molar-refractivity contribution in [2.24, 2.45) is 5.73 Å². The molecule has 2 unspecified atom stereocenters. The van der Waals surface area contributed by atoms with Crippen molar-refractivity contribution < 1.29 is 14.3 Å². The Hall–Kier alpha value is -3.61. The van der Waals surface area contributed by atoms with Crippen LogP contribution < -0.4 is 11.1 Å². The first kappa shape index (κ1) is 21.6. The Kier molecular flexibility index (Phi) is 6.54. The van der Waals surface area contributed by atoms with Gasteiger partial charge >= 0.3 is 0 Å². The zero-order chi connectivity index (χ0) is 22.5. The number of phenols is 1. The third-order valence-corrected chi connectivity index (χ3v) is 5.33. The molecule has 0 fully saturated rings. The maximum atomic E-state index is 13.0. The second kappa shape index (κ2) is 9.68. The van der Waals surface area contributed by atoms with Crippen LogP contribution in [-0.4, -0.2) is 16.0 Å². The molecule has 6 nitrogen and oxygen atoms in total. The monoisotopic (exact) mass is 447 g/mol. The lowest BCUT2D eigenvalue weighted by Crippen LogP contribution is -2.29. The smallest absolute Gasteiger partial charge is 0.273 e.